The van der Waals surface area contributed by atoms with Crippen LogP contribution in [0.5, 0.6) is 0 Å². The highest BCUT2D eigenvalue weighted by atomic mass is 16.7. The minimum absolute atomic E-state index is 0.0276. The molecule has 0 aromatic heterocycles. The van der Waals surface area contributed by atoms with Crippen molar-refractivity contribution in [2.45, 2.75) is 96.7 Å². The molecule has 6 nitrogen and oxygen atoms in total. The largest absolute Gasteiger partial charge is 0.508 e. The van der Waals surface area contributed by atoms with Gasteiger partial charge in [-0.25, -0.2) is 4.79 Å². The van der Waals surface area contributed by atoms with Crippen LogP contribution in [0.4, 0.5) is 4.79 Å². The molecule has 0 saturated carbocycles. The number of hydrogen-bond acceptors (Lipinski definition) is 6. The van der Waals surface area contributed by atoms with Crippen LogP contribution >= 0.6 is 0 Å². The molecule has 6 heteroatoms. The van der Waals surface area contributed by atoms with Gasteiger partial charge in [0.25, 0.3) is 0 Å². The lowest BCUT2D eigenvalue weighted by Gasteiger charge is -2.26. The zero-order valence-corrected chi connectivity index (χ0v) is 18.1. The Balaban J connectivity index is 4.14. The maximum atomic E-state index is 11.9. The first-order valence-electron chi connectivity index (χ1n) is 10.5. The van der Waals surface area contributed by atoms with E-state index in [2.05, 4.69) is 12.8 Å². The molecule has 0 spiro atoms. The van der Waals surface area contributed by atoms with Crippen LogP contribution in [-0.2, 0) is 23.7 Å². The van der Waals surface area contributed by atoms with Crippen LogP contribution in [0.15, 0.2) is 0 Å². The average Bonchev–Trinajstić information content (AvgIpc) is 2.71. The van der Waals surface area contributed by atoms with Crippen molar-refractivity contribution in [1.29, 1.82) is 0 Å². The molecule has 28 heavy (non-hydrogen) atoms. The van der Waals surface area contributed by atoms with Crippen molar-refractivity contribution in [3.63, 3.8) is 0 Å². The number of rotatable bonds is 16. The summed E-state index contributed by atoms with van der Waals surface area (Å²) in [6.45, 7) is 5.93. The monoisotopic (exact) mass is 398 g/mol. The summed E-state index contributed by atoms with van der Waals surface area (Å²) in [7, 11) is 1.49. The summed E-state index contributed by atoms with van der Waals surface area (Å²) < 4.78 is 20.9. The molecule has 0 radical (unpaired) electrons. The van der Waals surface area contributed by atoms with Gasteiger partial charge in [-0.1, -0.05) is 65.2 Å². The smallest absolute Gasteiger partial charge is 0.462 e. The molecular formula is C22H38O6. The first-order valence-corrected chi connectivity index (χ1v) is 10.5. The third-order valence-corrected chi connectivity index (χ3v) is 4.61. The molecule has 0 bridgehead atoms. The summed E-state index contributed by atoms with van der Waals surface area (Å²) >= 11 is 0. The van der Waals surface area contributed by atoms with Crippen molar-refractivity contribution >= 4 is 12.1 Å². The van der Waals surface area contributed by atoms with Gasteiger partial charge in [0, 0.05) is 13.5 Å². The van der Waals surface area contributed by atoms with Gasteiger partial charge < -0.3 is 18.9 Å². The predicted octanol–water partition coefficient (Wildman–Crippen LogP) is 5.03. The van der Waals surface area contributed by atoms with E-state index in [1.807, 2.05) is 13.8 Å². The zero-order chi connectivity index (χ0) is 21.3. The van der Waals surface area contributed by atoms with E-state index < -0.39 is 17.9 Å². The Kier molecular flexibility index (Phi) is 15.2. The number of carbonyl (C=O) groups excluding carboxylic acids is 2. The van der Waals surface area contributed by atoms with Crippen molar-refractivity contribution in [3.8, 4) is 12.3 Å². The van der Waals surface area contributed by atoms with Gasteiger partial charge in [-0.3, -0.25) is 4.79 Å². The van der Waals surface area contributed by atoms with E-state index in [1.165, 1.54) is 26.4 Å². The van der Waals surface area contributed by atoms with Gasteiger partial charge in [0.2, 0.25) is 0 Å². The average molecular weight is 399 g/mol. The zero-order valence-electron chi connectivity index (χ0n) is 18.1. The summed E-state index contributed by atoms with van der Waals surface area (Å²) in [5, 5.41) is 0. The standard InChI is InChI=1S/C22H38O6/c1-6-10-11-12-13-14-15-20(23)26-17-19(8-3)28-21(24)27-18-22(9-4,25-5)16-7-2/h4,19H,6-8,10-18H2,1-3,5H3. The fraction of sp³-hybridized carbons (Fsp3) is 0.818. The van der Waals surface area contributed by atoms with Gasteiger partial charge in [0.15, 0.2) is 5.60 Å². The molecule has 0 aliphatic carbocycles. The number of carbonyl (C=O) groups is 2. The van der Waals surface area contributed by atoms with E-state index in [0.717, 1.165) is 25.7 Å². The second-order valence-corrected chi connectivity index (χ2v) is 6.98. The molecule has 0 fully saturated rings. The highest BCUT2D eigenvalue weighted by molar-refractivity contribution is 5.69. The van der Waals surface area contributed by atoms with Crippen molar-refractivity contribution in [2.75, 3.05) is 20.3 Å². The van der Waals surface area contributed by atoms with Crippen LogP contribution in [0.2, 0.25) is 0 Å². The molecule has 2 unspecified atom stereocenters. The SMILES string of the molecule is C#CC(CCC)(COC(=O)OC(CC)COC(=O)CCCCCCCC)OC. The minimum Gasteiger partial charge on any atom is -0.462 e. The van der Waals surface area contributed by atoms with Gasteiger partial charge in [-0.05, 0) is 19.3 Å². The Morgan fingerprint density at radius 2 is 1.68 bits per heavy atom. The Morgan fingerprint density at radius 3 is 2.25 bits per heavy atom. The molecule has 0 rings (SSSR count). The molecule has 0 aromatic carbocycles. The van der Waals surface area contributed by atoms with Gasteiger partial charge in [0.05, 0.1) is 0 Å². The second-order valence-electron chi connectivity index (χ2n) is 6.98. The molecule has 0 saturated heterocycles. The highest BCUT2D eigenvalue weighted by Crippen LogP contribution is 2.17. The van der Waals surface area contributed by atoms with Crippen molar-refractivity contribution in [2.24, 2.45) is 0 Å². The maximum absolute atomic E-state index is 11.9. The fourth-order valence-corrected chi connectivity index (χ4v) is 2.70. The number of terminal acetylenes is 1. The van der Waals surface area contributed by atoms with Crippen LogP contribution in [0.25, 0.3) is 0 Å². The fourth-order valence-electron chi connectivity index (χ4n) is 2.70. The van der Waals surface area contributed by atoms with E-state index in [0.29, 0.717) is 19.3 Å². The Morgan fingerprint density at radius 1 is 1.00 bits per heavy atom. The molecule has 2 atom stereocenters. The third kappa shape index (κ3) is 11.9. The Bertz CT molecular complexity index is 470. The van der Waals surface area contributed by atoms with Crippen LogP contribution in [0.1, 0.15) is 85.0 Å². The van der Waals surface area contributed by atoms with E-state index in [-0.39, 0.29) is 19.2 Å². The molecule has 0 amide bonds. The molecule has 0 aliphatic heterocycles. The Hall–Kier alpha value is -1.74. The number of unbranched alkanes of at least 4 members (excludes halogenated alkanes) is 5. The number of esters is 1. The van der Waals surface area contributed by atoms with E-state index >= 15 is 0 Å². The molecule has 0 heterocycles. The van der Waals surface area contributed by atoms with Crippen molar-refractivity contribution < 1.29 is 28.5 Å². The van der Waals surface area contributed by atoms with Crippen molar-refractivity contribution in [1.82, 2.24) is 0 Å². The molecule has 0 aromatic rings. The lowest BCUT2D eigenvalue weighted by atomic mass is 10.0. The number of hydrogen-bond donors (Lipinski definition) is 0. The van der Waals surface area contributed by atoms with Crippen LogP contribution < -0.4 is 0 Å². The first kappa shape index (κ1) is 26.3. The summed E-state index contributed by atoms with van der Waals surface area (Å²) in [4.78, 5) is 23.7. The highest BCUT2D eigenvalue weighted by Gasteiger charge is 2.29. The molecule has 0 N–H and O–H groups in total. The van der Waals surface area contributed by atoms with Crippen molar-refractivity contribution in [3.05, 3.63) is 0 Å². The Labute approximate surface area is 170 Å². The summed E-state index contributed by atoms with van der Waals surface area (Å²) in [6, 6.07) is 0. The first-order chi connectivity index (χ1) is 13.5. The maximum Gasteiger partial charge on any atom is 0.508 e. The van der Waals surface area contributed by atoms with Gasteiger partial charge >= 0.3 is 12.1 Å². The lowest BCUT2D eigenvalue weighted by Crippen LogP contribution is -2.37. The summed E-state index contributed by atoms with van der Waals surface area (Å²) in [5.41, 5.74) is -0.945. The molecular weight excluding hydrogens is 360 g/mol. The van der Waals surface area contributed by atoms with Gasteiger partial charge in [0.1, 0.15) is 19.3 Å². The van der Waals surface area contributed by atoms with Crippen LogP contribution in [0.3, 0.4) is 0 Å². The normalized spacial score (nSPS) is 13.8. The molecule has 162 valence electrons. The quantitative estimate of drug-likeness (QED) is 0.206. The third-order valence-electron chi connectivity index (χ3n) is 4.61. The second kappa shape index (κ2) is 16.2. The summed E-state index contributed by atoms with van der Waals surface area (Å²) in [5.74, 6) is 2.28. The van der Waals surface area contributed by atoms with Crippen LogP contribution in [0, 0.1) is 12.3 Å². The van der Waals surface area contributed by atoms with Gasteiger partial charge in [-0.15, -0.1) is 6.42 Å². The van der Waals surface area contributed by atoms with Crippen LogP contribution in [-0.4, -0.2) is 44.2 Å². The van der Waals surface area contributed by atoms with E-state index in [1.54, 1.807) is 0 Å². The van der Waals surface area contributed by atoms with E-state index in [9.17, 15) is 9.59 Å². The molecule has 0 aliphatic rings. The lowest BCUT2D eigenvalue weighted by molar-refractivity contribution is -0.147. The topological polar surface area (TPSA) is 71.1 Å². The minimum atomic E-state index is -0.945. The number of ether oxygens (including phenoxy) is 4. The van der Waals surface area contributed by atoms with E-state index in [4.69, 9.17) is 25.4 Å². The number of methoxy groups -OCH3 is 1. The predicted molar refractivity (Wildman–Crippen MR) is 109 cm³/mol. The summed E-state index contributed by atoms with van der Waals surface area (Å²) in [6.07, 6.45) is 13.0. The van der Waals surface area contributed by atoms with Gasteiger partial charge in [-0.2, -0.15) is 0 Å².